The molecule has 2 rings (SSSR count). The zero-order valence-corrected chi connectivity index (χ0v) is 13.4. The summed E-state index contributed by atoms with van der Waals surface area (Å²) in [7, 11) is -2.29. The van der Waals surface area contributed by atoms with Crippen LogP contribution in [0.25, 0.3) is 0 Å². The minimum atomic E-state index is -3.52. The third-order valence-electron chi connectivity index (χ3n) is 4.43. The van der Waals surface area contributed by atoms with Crippen molar-refractivity contribution in [2.75, 3.05) is 19.9 Å². The molecule has 0 aromatic carbocycles. The molecule has 1 aliphatic heterocycles. The van der Waals surface area contributed by atoms with Gasteiger partial charge in [-0.05, 0) is 37.5 Å². The fraction of sp³-hybridized carbons (Fsp3) is 0.846. The summed E-state index contributed by atoms with van der Waals surface area (Å²) >= 11 is 0. The number of fused-ring (bicyclic) bond motifs is 1. The first-order chi connectivity index (χ1) is 10.2. The van der Waals surface area contributed by atoms with E-state index in [9.17, 15) is 23.1 Å². The normalized spacial score (nSPS) is 32.2. The number of methoxy groups -OCH3 is 1. The van der Waals surface area contributed by atoms with Crippen molar-refractivity contribution < 1.29 is 32.0 Å². The van der Waals surface area contributed by atoms with Gasteiger partial charge >= 0.3 is 12.1 Å². The highest BCUT2D eigenvalue weighted by Gasteiger charge is 2.44. The largest absolute Gasteiger partial charge is 0.480 e. The van der Waals surface area contributed by atoms with Crippen LogP contribution in [0.1, 0.15) is 25.7 Å². The van der Waals surface area contributed by atoms with E-state index in [1.807, 2.05) is 0 Å². The number of hydrogen-bond acceptors (Lipinski definition) is 6. The predicted octanol–water partition coefficient (Wildman–Crippen LogP) is 0.673. The lowest BCUT2D eigenvalue weighted by Gasteiger charge is -2.45. The van der Waals surface area contributed by atoms with Crippen molar-refractivity contribution in [2.24, 2.45) is 11.8 Å². The molecule has 9 heteroatoms. The Morgan fingerprint density at radius 1 is 1.18 bits per heavy atom. The molecule has 0 aromatic rings. The standard InChI is InChI=1S/C13H21NO7S/c1-20-13(17)14-7-8-3-4-10(21-22(2,18)19)5-9(8)6-11(14)12(15)16/h8-11H,3-7H2,1-2H3,(H,15,16). The first kappa shape index (κ1) is 17.0. The average molecular weight is 335 g/mol. The molecule has 1 amide bonds. The lowest BCUT2D eigenvalue weighted by Crippen LogP contribution is -2.55. The van der Waals surface area contributed by atoms with Crippen LogP contribution >= 0.6 is 0 Å². The maximum absolute atomic E-state index is 11.7. The van der Waals surface area contributed by atoms with E-state index in [2.05, 4.69) is 4.74 Å². The van der Waals surface area contributed by atoms with Crippen LogP contribution in [0.3, 0.4) is 0 Å². The Bertz CT molecular complexity index is 547. The maximum Gasteiger partial charge on any atom is 0.410 e. The molecule has 4 atom stereocenters. The summed E-state index contributed by atoms with van der Waals surface area (Å²) in [5.41, 5.74) is 0. The number of hydrogen-bond donors (Lipinski definition) is 1. The van der Waals surface area contributed by atoms with Gasteiger partial charge in [-0.25, -0.2) is 9.59 Å². The van der Waals surface area contributed by atoms with E-state index in [1.54, 1.807) is 0 Å². The minimum absolute atomic E-state index is 0.0301. The molecule has 2 fully saturated rings. The highest BCUT2D eigenvalue weighted by atomic mass is 32.2. The van der Waals surface area contributed by atoms with E-state index in [0.29, 0.717) is 32.2 Å². The summed E-state index contributed by atoms with van der Waals surface area (Å²) in [5, 5.41) is 9.32. The number of carbonyl (C=O) groups is 2. The average Bonchev–Trinajstić information content (AvgIpc) is 2.43. The molecule has 1 heterocycles. The molecular weight excluding hydrogens is 314 g/mol. The van der Waals surface area contributed by atoms with E-state index < -0.39 is 34.3 Å². The number of piperidine rings is 1. The van der Waals surface area contributed by atoms with Gasteiger partial charge in [-0.1, -0.05) is 0 Å². The fourth-order valence-electron chi connectivity index (χ4n) is 3.49. The van der Waals surface area contributed by atoms with Crippen molar-refractivity contribution in [3.05, 3.63) is 0 Å². The van der Waals surface area contributed by atoms with Crippen LogP contribution in [0.15, 0.2) is 0 Å². The molecule has 0 aromatic heterocycles. The molecule has 0 radical (unpaired) electrons. The van der Waals surface area contributed by atoms with Crippen molar-refractivity contribution in [3.8, 4) is 0 Å². The lowest BCUT2D eigenvalue weighted by atomic mass is 9.72. The second-order valence-electron chi connectivity index (χ2n) is 5.97. The lowest BCUT2D eigenvalue weighted by molar-refractivity contribution is -0.146. The van der Waals surface area contributed by atoms with Crippen LogP contribution in [-0.4, -0.2) is 62.5 Å². The van der Waals surface area contributed by atoms with Crippen molar-refractivity contribution in [2.45, 2.75) is 37.8 Å². The zero-order chi connectivity index (χ0) is 16.5. The second-order valence-corrected chi connectivity index (χ2v) is 7.57. The minimum Gasteiger partial charge on any atom is -0.480 e. The third-order valence-corrected chi connectivity index (χ3v) is 5.05. The molecule has 1 N–H and O–H groups in total. The Hall–Kier alpha value is -1.35. The van der Waals surface area contributed by atoms with Gasteiger partial charge in [-0.3, -0.25) is 9.08 Å². The quantitative estimate of drug-likeness (QED) is 0.755. The van der Waals surface area contributed by atoms with Crippen LogP contribution in [0.4, 0.5) is 4.79 Å². The molecule has 22 heavy (non-hydrogen) atoms. The van der Waals surface area contributed by atoms with Gasteiger partial charge in [-0.2, -0.15) is 8.42 Å². The van der Waals surface area contributed by atoms with Crippen LogP contribution in [0, 0.1) is 11.8 Å². The number of ether oxygens (including phenoxy) is 1. The monoisotopic (exact) mass is 335 g/mol. The molecule has 2 aliphatic rings. The van der Waals surface area contributed by atoms with Crippen molar-refractivity contribution in [1.82, 2.24) is 4.90 Å². The molecule has 126 valence electrons. The Morgan fingerprint density at radius 3 is 2.41 bits per heavy atom. The first-order valence-corrected chi connectivity index (χ1v) is 8.98. The van der Waals surface area contributed by atoms with Gasteiger partial charge in [0, 0.05) is 6.54 Å². The summed E-state index contributed by atoms with van der Waals surface area (Å²) in [6, 6.07) is -0.939. The Labute approximate surface area is 129 Å². The van der Waals surface area contributed by atoms with Crippen molar-refractivity contribution in [1.29, 1.82) is 0 Å². The van der Waals surface area contributed by atoms with Gasteiger partial charge in [0.25, 0.3) is 10.1 Å². The molecule has 8 nitrogen and oxygen atoms in total. The van der Waals surface area contributed by atoms with Gasteiger partial charge < -0.3 is 9.84 Å². The number of amides is 1. The van der Waals surface area contributed by atoms with E-state index in [4.69, 9.17) is 4.18 Å². The van der Waals surface area contributed by atoms with Gasteiger partial charge in [0.05, 0.1) is 19.5 Å². The summed E-state index contributed by atoms with van der Waals surface area (Å²) in [4.78, 5) is 24.4. The van der Waals surface area contributed by atoms with E-state index in [-0.39, 0.29) is 11.8 Å². The highest BCUT2D eigenvalue weighted by Crippen LogP contribution is 2.40. The van der Waals surface area contributed by atoms with Gasteiger partial charge in [0.15, 0.2) is 0 Å². The molecule has 4 unspecified atom stereocenters. The molecule has 0 spiro atoms. The van der Waals surface area contributed by atoms with Gasteiger partial charge in [0.1, 0.15) is 6.04 Å². The van der Waals surface area contributed by atoms with Gasteiger partial charge in [0.2, 0.25) is 0 Å². The van der Waals surface area contributed by atoms with Crippen LogP contribution < -0.4 is 0 Å². The number of likely N-dealkylation sites (tertiary alicyclic amines) is 1. The van der Waals surface area contributed by atoms with Crippen LogP contribution in [0.5, 0.6) is 0 Å². The number of aliphatic carboxylic acids is 1. The number of carboxylic acids is 1. The fourth-order valence-corrected chi connectivity index (χ4v) is 4.16. The van der Waals surface area contributed by atoms with Crippen molar-refractivity contribution >= 4 is 22.2 Å². The van der Waals surface area contributed by atoms with E-state index in [1.165, 1.54) is 12.0 Å². The Kier molecular flexibility index (Phi) is 4.96. The molecular formula is C13H21NO7S. The van der Waals surface area contributed by atoms with Crippen LogP contribution in [-0.2, 0) is 23.8 Å². The third kappa shape index (κ3) is 3.89. The first-order valence-electron chi connectivity index (χ1n) is 7.17. The Morgan fingerprint density at radius 2 is 1.86 bits per heavy atom. The van der Waals surface area contributed by atoms with Crippen molar-refractivity contribution in [3.63, 3.8) is 0 Å². The number of carbonyl (C=O) groups excluding carboxylic acids is 1. The number of rotatable bonds is 3. The second kappa shape index (κ2) is 6.41. The molecule has 1 saturated heterocycles. The van der Waals surface area contributed by atoms with Gasteiger partial charge in [-0.15, -0.1) is 0 Å². The molecule has 1 aliphatic carbocycles. The summed E-state index contributed by atoms with van der Waals surface area (Å²) < 4.78 is 32.1. The van der Waals surface area contributed by atoms with E-state index in [0.717, 1.165) is 6.26 Å². The summed E-state index contributed by atoms with van der Waals surface area (Å²) in [6.45, 7) is 0.319. The number of nitrogens with zero attached hydrogens (tertiary/aromatic N) is 1. The zero-order valence-electron chi connectivity index (χ0n) is 12.6. The number of carboxylic acid groups (broad SMARTS) is 1. The SMILES string of the molecule is COC(=O)N1CC2CCC(OS(C)(=O)=O)CC2CC1C(=O)O. The topological polar surface area (TPSA) is 110 Å². The smallest absolute Gasteiger partial charge is 0.410 e. The molecule has 0 bridgehead atoms. The highest BCUT2D eigenvalue weighted by molar-refractivity contribution is 7.86. The summed E-state index contributed by atoms with van der Waals surface area (Å²) in [6.07, 6.45) is 2.04. The van der Waals surface area contributed by atoms with Crippen LogP contribution in [0.2, 0.25) is 0 Å². The van der Waals surface area contributed by atoms with E-state index >= 15 is 0 Å². The molecule has 1 saturated carbocycles. The summed E-state index contributed by atoms with van der Waals surface area (Å²) in [5.74, 6) is -0.897. The maximum atomic E-state index is 11.7. The predicted molar refractivity (Wildman–Crippen MR) is 75.7 cm³/mol. The Balaban J connectivity index is 2.08.